The third-order valence-electron chi connectivity index (χ3n) is 2.79. The molecule has 1 aromatic rings. The molecule has 1 N–H and O–H groups in total. The van der Waals surface area contributed by atoms with Crippen LogP contribution < -0.4 is 4.90 Å². The highest BCUT2D eigenvalue weighted by molar-refractivity contribution is 5.83. The molecule has 1 aromatic heterocycles. The number of aryl methyl sites for hydroxylation is 1. The molecule has 0 aliphatic carbocycles. The van der Waals surface area contributed by atoms with Crippen LogP contribution in [0.1, 0.15) is 35.4 Å². The summed E-state index contributed by atoms with van der Waals surface area (Å²) in [6.07, 6.45) is 5.12. The van der Waals surface area contributed by atoms with Crippen molar-refractivity contribution >= 4 is 11.8 Å². The average Bonchev–Trinajstić information content (AvgIpc) is 2.30. The van der Waals surface area contributed by atoms with Crippen LogP contribution in [-0.4, -0.2) is 34.1 Å². The highest BCUT2D eigenvalue weighted by Gasteiger charge is 2.17. The Balaban J connectivity index is 2.30. The Morgan fingerprint density at radius 1 is 1.38 bits per heavy atom. The molecule has 0 atom stereocenters. The monoisotopic (exact) mass is 221 g/mol. The molecule has 0 bridgehead atoms. The van der Waals surface area contributed by atoms with E-state index in [9.17, 15) is 4.79 Å². The maximum absolute atomic E-state index is 10.8. The van der Waals surface area contributed by atoms with Crippen LogP contribution >= 0.6 is 0 Å². The van der Waals surface area contributed by atoms with Crippen molar-refractivity contribution in [2.45, 2.75) is 26.2 Å². The Bertz CT molecular complexity index is 400. The van der Waals surface area contributed by atoms with Gasteiger partial charge in [0.15, 0.2) is 0 Å². The zero-order chi connectivity index (χ0) is 11.5. The lowest BCUT2D eigenvalue weighted by atomic mass is 10.1. The van der Waals surface area contributed by atoms with E-state index in [1.54, 1.807) is 6.20 Å². The molecule has 2 heterocycles. The number of nitrogens with zero attached hydrogens (tertiary/aromatic N) is 3. The van der Waals surface area contributed by atoms with Crippen molar-refractivity contribution in [1.82, 2.24) is 9.97 Å². The quantitative estimate of drug-likeness (QED) is 0.819. The SMILES string of the molecule is Cc1cnc(C(=O)O)nc1N1CCCCC1. The van der Waals surface area contributed by atoms with Gasteiger partial charge in [-0.1, -0.05) is 0 Å². The fraction of sp³-hybridized carbons (Fsp3) is 0.545. The fourth-order valence-electron chi connectivity index (χ4n) is 1.96. The Morgan fingerprint density at radius 3 is 2.69 bits per heavy atom. The summed E-state index contributed by atoms with van der Waals surface area (Å²) in [4.78, 5) is 20.9. The Hall–Kier alpha value is -1.65. The first-order chi connectivity index (χ1) is 7.68. The molecule has 86 valence electrons. The molecule has 1 aliphatic heterocycles. The van der Waals surface area contributed by atoms with E-state index < -0.39 is 5.97 Å². The van der Waals surface area contributed by atoms with Crippen LogP contribution in [0, 0.1) is 6.92 Å². The van der Waals surface area contributed by atoms with Gasteiger partial charge in [0.25, 0.3) is 0 Å². The van der Waals surface area contributed by atoms with E-state index in [2.05, 4.69) is 14.9 Å². The van der Waals surface area contributed by atoms with Gasteiger partial charge in [-0.3, -0.25) is 0 Å². The fourth-order valence-corrected chi connectivity index (χ4v) is 1.96. The summed E-state index contributed by atoms with van der Waals surface area (Å²) in [5.41, 5.74) is 0.937. The molecular weight excluding hydrogens is 206 g/mol. The molecule has 0 aromatic carbocycles. The average molecular weight is 221 g/mol. The zero-order valence-corrected chi connectivity index (χ0v) is 9.31. The van der Waals surface area contributed by atoms with Crippen LogP contribution in [0.25, 0.3) is 0 Å². The van der Waals surface area contributed by atoms with Gasteiger partial charge in [-0.2, -0.15) is 0 Å². The Morgan fingerprint density at radius 2 is 2.06 bits per heavy atom. The molecule has 0 unspecified atom stereocenters. The molecule has 1 fully saturated rings. The van der Waals surface area contributed by atoms with Crippen LogP contribution in [0.3, 0.4) is 0 Å². The third kappa shape index (κ3) is 2.13. The van der Waals surface area contributed by atoms with E-state index in [0.717, 1.165) is 37.3 Å². The van der Waals surface area contributed by atoms with E-state index in [-0.39, 0.29) is 5.82 Å². The Kier molecular flexibility index (Phi) is 3.03. The number of hydrogen-bond donors (Lipinski definition) is 1. The van der Waals surface area contributed by atoms with Crippen LogP contribution in [-0.2, 0) is 0 Å². The van der Waals surface area contributed by atoms with Crippen molar-refractivity contribution < 1.29 is 9.90 Å². The second-order valence-corrected chi connectivity index (χ2v) is 4.05. The summed E-state index contributed by atoms with van der Waals surface area (Å²) in [5.74, 6) is -0.420. The molecule has 1 saturated heterocycles. The van der Waals surface area contributed by atoms with E-state index in [1.165, 1.54) is 6.42 Å². The minimum atomic E-state index is -1.07. The highest BCUT2D eigenvalue weighted by Crippen LogP contribution is 2.20. The highest BCUT2D eigenvalue weighted by atomic mass is 16.4. The van der Waals surface area contributed by atoms with E-state index in [4.69, 9.17) is 5.11 Å². The minimum Gasteiger partial charge on any atom is -0.475 e. The lowest BCUT2D eigenvalue weighted by Crippen LogP contribution is -2.31. The predicted octanol–water partition coefficient (Wildman–Crippen LogP) is 1.47. The predicted molar refractivity (Wildman–Crippen MR) is 59.8 cm³/mol. The Labute approximate surface area is 94.1 Å². The van der Waals surface area contributed by atoms with Gasteiger partial charge in [-0.25, -0.2) is 14.8 Å². The molecule has 5 heteroatoms. The van der Waals surface area contributed by atoms with Gasteiger partial charge < -0.3 is 10.0 Å². The molecule has 0 spiro atoms. The summed E-state index contributed by atoms with van der Waals surface area (Å²) in [7, 11) is 0. The van der Waals surface area contributed by atoms with Gasteiger partial charge in [-0.05, 0) is 26.2 Å². The molecule has 2 rings (SSSR count). The van der Waals surface area contributed by atoms with Crippen LogP contribution in [0.15, 0.2) is 6.20 Å². The first kappa shape index (κ1) is 10.9. The van der Waals surface area contributed by atoms with Crippen molar-refractivity contribution in [3.8, 4) is 0 Å². The largest absolute Gasteiger partial charge is 0.475 e. The molecule has 0 saturated carbocycles. The molecular formula is C11H15N3O2. The van der Waals surface area contributed by atoms with Gasteiger partial charge in [-0.15, -0.1) is 0 Å². The number of aromatic carboxylic acids is 1. The molecule has 1 aliphatic rings. The number of hydrogen-bond acceptors (Lipinski definition) is 4. The number of anilines is 1. The smallest absolute Gasteiger partial charge is 0.374 e. The standard InChI is InChI=1S/C11H15N3O2/c1-8-7-12-9(11(15)16)13-10(8)14-5-3-2-4-6-14/h7H,2-6H2,1H3,(H,15,16). The van der Waals surface area contributed by atoms with Gasteiger partial charge in [0.2, 0.25) is 5.82 Å². The number of aromatic nitrogens is 2. The van der Waals surface area contributed by atoms with Crippen molar-refractivity contribution in [1.29, 1.82) is 0 Å². The number of carbonyl (C=O) groups is 1. The summed E-state index contributed by atoms with van der Waals surface area (Å²) < 4.78 is 0. The summed E-state index contributed by atoms with van der Waals surface area (Å²) in [5, 5.41) is 8.86. The van der Waals surface area contributed by atoms with Gasteiger partial charge in [0, 0.05) is 24.8 Å². The molecule has 0 radical (unpaired) electrons. The van der Waals surface area contributed by atoms with E-state index in [0.29, 0.717) is 0 Å². The number of rotatable bonds is 2. The van der Waals surface area contributed by atoms with Crippen molar-refractivity contribution in [2.24, 2.45) is 0 Å². The number of carboxylic acid groups (broad SMARTS) is 1. The molecule has 5 nitrogen and oxygen atoms in total. The summed E-state index contributed by atoms with van der Waals surface area (Å²) in [6.45, 7) is 3.82. The zero-order valence-electron chi connectivity index (χ0n) is 9.31. The topological polar surface area (TPSA) is 66.3 Å². The van der Waals surface area contributed by atoms with Crippen molar-refractivity contribution in [2.75, 3.05) is 18.0 Å². The van der Waals surface area contributed by atoms with Crippen LogP contribution in [0.2, 0.25) is 0 Å². The van der Waals surface area contributed by atoms with Crippen molar-refractivity contribution in [3.63, 3.8) is 0 Å². The maximum atomic E-state index is 10.8. The van der Waals surface area contributed by atoms with Gasteiger partial charge >= 0.3 is 5.97 Å². The van der Waals surface area contributed by atoms with Gasteiger partial charge in [0.1, 0.15) is 5.82 Å². The maximum Gasteiger partial charge on any atom is 0.374 e. The normalized spacial score (nSPS) is 16.2. The third-order valence-corrected chi connectivity index (χ3v) is 2.79. The second kappa shape index (κ2) is 4.47. The lowest BCUT2D eigenvalue weighted by Gasteiger charge is -2.28. The van der Waals surface area contributed by atoms with Crippen LogP contribution in [0.4, 0.5) is 5.82 Å². The summed E-state index contributed by atoms with van der Waals surface area (Å²) >= 11 is 0. The second-order valence-electron chi connectivity index (χ2n) is 4.05. The van der Waals surface area contributed by atoms with E-state index >= 15 is 0 Å². The first-order valence-electron chi connectivity index (χ1n) is 5.50. The first-order valence-corrected chi connectivity index (χ1v) is 5.50. The van der Waals surface area contributed by atoms with Crippen molar-refractivity contribution in [3.05, 3.63) is 17.6 Å². The minimum absolute atomic E-state index is 0.119. The number of carboxylic acids is 1. The summed E-state index contributed by atoms with van der Waals surface area (Å²) in [6, 6.07) is 0. The van der Waals surface area contributed by atoms with Crippen LogP contribution in [0.5, 0.6) is 0 Å². The molecule has 16 heavy (non-hydrogen) atoms. The number of piperidine rings is 1. The van der Waals surface area contributed by atoms with E-state index in [1.807, 2.05) is 6.92 Å². The lowest BCUT2D eigenvalue weighted by molar-refractivity contribution is 0.0683. The molecule has 0 amide bonds. The van der Waals surface area contributed by atoms with Gasteiger partial charge in [0.05, 0.1) is 0 Å².